The van der Waals surface area contributed by atoms with Crippen molar-refractivity contribution in [1.82, 2.24) is 14.8 Å². The predicted molar refractivity (Wildman–Crippen MR) is 99.5 cm³/mol. The van der Waals surface area contributed by atoms with Gasteiger partial charge in [0, 0.05) is 31.9 Å². The van der Waals surface area contributed by atoms with Crippen LogP contribution in [-0.4, -0.2) is 52.9 Å². The molecular weight excluding hydrogens is 310 g/mol. The summed E-state index contributed by atoms with van der Waals surface area (Å²) < 4.78 is 0. The van der Waals surface area contributed by atoms with E-state index in [9.17, 15) is 4.79 Å². The van der Waals surface area contributed by atoms with Gasteiger partial charge in [-0.2, -0.15) is 0 Å². The summed E-state index contributed by atoms with van der Waals surface area (Å²) in [4.78, 5) is 20.6. The van der Waals surface area contributed by atoms with Crippen molar-refractivity contribution in [1.29, 1.82) is 0 Å². The van der Waals surface area contributed by atoms with Gasteiger partial charge < -0.3 is 14.8 Å². The molecule has 132 valence electrons. The average molecular weight is 337 g/mol. The number of fused-ring (bicyclic) bond motifs is 4. The fourth-order valence-electron chi connectivity index (χ4n) is 4.38. The van der Waals surface area contributed by atoms with E-state index in [-0.39, 0.29) is 5.91 Å². The fraction of sp³-hybridized carbons (Fsp3) is 0.476. The minimum atomic E-state index is 0.172. The van der Waals surface area contributed by atoms with E-state index in [2.05, 4.69) is 45.1 Å². The summed E-state index contributed by atoms with van der Waals surface area (Å²) in [6, 6.07) is 14.9. The molecule has 1 aromatic heterocycles. The number of hydrogen-bond acceptors (Lipinski definition) is 2. The second-order valence-electron chi connectivity index (χ2n) is 7.49. The second kappa shape index (κ2) is 7.44. The summed E-state index contributed by atoms with van der Waals surface area (Å²) in [5.41, 5.74) is 2.15. The molecule has 5 rings (SSSR count). The largest absolute Gasteiger partial charge is 0.357 e. The van der Waals surface area contributed by atoms with E-state index in [1.807, 2.05) is 18.3 Å². The number of nitrogens with one attached hydrogen (secondary N) is 1. The number of carbonyl (C=O) groups is 1. The number of nitrogens with zero attached hydrogens (tertiary/aromatic N) is 2. The molecule has 4 nitrogen and oxygen atoms in total. The number of aromatic nitrogens is 1. The lowest BCUT2D eigenvalue weighted by Gasteiger charge is -2.36. The van der Waals surface area contributed by atoms with Crippen LogP contribution >= 0.6 is 0 Å². The van der Waals surface area contributed by atoms with Gasteiger partial charge in [-0.25, -0.2) is 0 Å². The summed E-state index contributed by atoms with van der Waals surface area (Å²) in [5.74, 6) is 0.792. The molecule has 0 radical (unpaired) electrons. The highest BCUT2D eigenvalue weighted by molar-refractivity contribution is 5.92. The van der Waals surface area contributed by atoms with Crippen molar-refractivity contribution >= 4 is 5.91 Å². The Morgan fingerprint density at radius 2 is 1.92 bits per heavy atom. The molecule has 0 saturated carbocycles. The Morgan fingerprint density at radius 1 is 1.04 bits per heavy atom. The number of H-pyrrole nitrogens is 1. The standard InChI is InChI=1S/C21H27N3O/c25-21(20-9-4-12-22-20)24-15-18-10-11-19(24)16-23(14-18)13-5-8-17-6-2-1-3-7-17/h1-4,6-7,9,12,18-19,22H,5,8,10-11,13-16H2/t18-,19+/m0/s1. The summed E-state index contributed by atoms with van der Waals surface area (Å²) in [7, 11) is 0. The van der Waals surface area contributed by atoms with Crippen LogP contribution in [0.15, 0.2) is 48.7 Å². The van der Waals surface area contributed by atoms with E-state index >= 15 is 0 Å². The van der Waals surface area contributed by atoms with Crippen LogP contribution in [0, 0.1) is 5.92 Å². The van der Waals surface area contributed by atoms with Crippen LogP contribution in [-0.2, 0) is 6.42 Å². The van der Waals surface area contributed by atoms with Crippen LogP contribution in [0.25, 0.3) is 0 Å². The zero-order valence-electron chi connectivity index (χ0n) is 14.7. The molecule has 2 bridgehead atoms. The number of amides is 1. The van der Waals surface area contributed by atoms with Crippen molar-refractivity contribution in [3.63, 3.8) is 0 Å². The predicted octanol–water partition coefficient (Wildman–Crippen LogP) is 3.18. The Morgan fingerprint density at radius 3 is 2.72 bits per heavy atom. The molecule has 0 aliphatic carbocycles. The summed E-state index contributed by atoms with van der Waals surface area (Å²) >= 11 is 0. The van der Waals surface area contributed by atoms with Gasteiger partial charge >= 0.3 is 0 Å². The topological polar surface area (TPSA) is 39.3 Å². The van der Waals surface area contributed by atoms with Crippen molar-refractivity contribution in [3.8, 4) is 0 Å². The third-order valence-electron chi connectivity index (χ3n) is 5.66. The molecule has 4 heterocycles. The first-order valence-corrected chi connectivity index (χ1v) is 9.50. The number of aryl methyl sites for hydroxylation is 1. The van der Waals surface area contributed by atoms with Gasteiger partial charge in [-0.05, 0) is 55.8 Å². The molecule has 0 spiro atoms. The van der Waals surface area contributed by atoms with Crippen LogP contribution in [0.4, 0.5) is 0 Å². The van der Waals surface area contributed by atoms with Crippen LogP contribution in [0.1, 0.15) is 35.3 Å². The molecule has 2 atom stereocenters. The third-order valence-corrected chi connectivity index (χ3v) is 5.66. The molecule has 3 aliphatic rings. The minimum absolute atomic E-state index is 0.172. The molecular formula is C21H27N3O. The van der Waals surface area contributed by atoms with E-state index in [0.29, 0.717) is 12.0 Å². The second-order valence-corrected chi connectivity index (χ2v) is 7.49. The molecule has 1 aromatic carbocycles. The number of carbonyl (C=O) groups excluding carboxylic acids is 1. The third kappa shape index (κ3) is 3.79. The van der Waals surface area contributed by atoms with Gasteiger partial charge in [-0.3, -0.25) is 4.79 Å². The Labute approximate surface area is 149 Å². The normalized spacial score (nSPS) is 23.6. The van der Waals surface area contributed by atoms with Gasteiger partial charge in [0.1, 0.15) is 5.69 Å². The van der Waals surface area contributed by atoms with Gasteiger partial charge in [-0.15, -0.1) is 0 Å². The number of piperidine rings is 1. The van der Waals surface area contributed by atoms with E-state index in [1.165, 1.54) is 18.4 Å². The van der Waals surface area contributed by atoms with Gasteiger partial charge in [0.05, 0.1) is 0 Å². The summed E-state index contributed by atoms with van der Waals surface area (Å²) in [6.45, 7) is 4.21. The smallest absolute Gasteiger partial charge is 0.270 e. The monoisotopic (exact) mass is 337 g/mol. The molecule has 1 N–H and O–H groups in total. The lowest BCUT2D eigenvalue weighted by molar-refractivity contribution is 0.0580. The zero-order chi connectivity index (χ0) is 17.1. The van der Waals surface area contributed by atoms with E-state index < -0.39 is 0 Å². The summed E-state index contributed by atoms with van der Waals surface area (Å²) in [6.07, 6.45) is 6.56. The number of benzene rings is 1. The summed E-state index contributed by atoms with van der Waals surface area (Å²) in [5, 5.41) is 0. The number of rotatable bonds is 5. The molecule has 2 aromatic rings. The van der Waals surface area contributed by atoms with Gasteiger partial charge in [-0.1, -0.05) is 30.3 Å². The van der Waals surface area contributed by atoms with Crippen molar-refractivity contribution in [2.75, 3.05) is 26.2 Å². The highest BCUT2D eigenvalue weighted by Gasteiger charge is 2.37. The average Bonchev–Trinajstić information content (AvgIpc) is 3.04. The first kappa shape index (κ1) is 16.4. The Bertz CT molecular complexity index is 682. The molecule has 3 fully saturated rings. The fourth-order valence-corrected chi connectivity index (χ4v) is 4.38. The lowest BCUT2D eigenvalue weighted by atomic mass is 9.95. The van der Waals surface area contributed by atoms with E-state index in [1.54, 1.807) is 0 Å². The Balaban J connectivity index is 1.35. The Hall–Kier alpha value is -2.07. The first-order chi connectivity index (χ1) is 12.3. The Kier molecular flexibility index (Phi) is 4.88. The van der Waals surface area contributed by atoms with Crippen LogP contribution in [0.3, 0.4) is 0 Å². The SMILES string of the molecule is O=C(c1ccc[nH]1)N1C[C@H]2CC[C@@H]1CN(CCCc1ccccc1)C2. The van der Waals surface area contributed by atoms with Gasteiger partial charge in [0.2, 0.25) is 0 Å². The van der Waals surface area contributed by atoms with E-state index in [0.717, 1.165) is 44.7 Å². The first-order valence-electron chi connectivity index (χ1n) is 9.50. The van der Waals surface area contributed by atoms with E-state index in [4.69, 9.17) is 0 Å². The van der Waals surface area contributed by atoms with Crippen molar-refractivity contribution < 1.29 is 4.79 Å². The van der Waals surface area contributed by atoms with Crippen LogP contribution < -0.4 is 0 Å². The van der Waals surface area contributed by atoms with Gasteiger partial charge in [0.15, 0.2) is 0 Å². The quantitative estimate of drug-likeness (QED) is 0.910. The molecule has 3 saturated heterocycles. The maximum Gasteiger partial charge on any atom is 0.270 e. The van der Waals surface area contributed by atoms with Gasteiger partial charge in [0.25, 0.3) is 5.91 Å². The molecule has 25 heavy (non-hydrogen) atoms. The van der Waals surface area contributed by atoms with Crippen molar-refractivity contribution in [2.24, 2.45) is 5.92 Å². The molecule has 1 amide bonds. The molecule has 3 aliphatic heterocycles. The maximum absolute atomic E-state index is 12.8. The van der Waals surface area contributed by atoms with Crippen molar-refractivity contribution in [3.05, 3.63) is 59.9 Å². The van der Waals surface area contributed by atoms with Crippen molar-refractivity contribution in [2.45, 2.75) is 31.7 Å². The number of hydrogen-bond donors (Lipinski definition) is 1. The maximum atomic E-state index is 12.8. The number of aromatic amines is 1. The minimum Gasteiger partial charge on any atom is -0.357 e. The zero-order valence-corrected chi connectivity index (χ0v) is 14.7. The lowest BCUT2D eigenvalue weighted by Crippen LogP contribution is -2.47. The van der Waals surface area contributed by atoms with Crippen LogP contribution in [0.2, 0.25) is 0 Å². The molecule has 0 unspecified atom stereocenters. The highest BCUT2D eigenvalue weighted by atomic mass is 16.2. The molecule has 4 heteroatoms. The van der Waals surface area contributed by atoms with Crippen LogP contribution in [0.5, 0.6) is 0 Å². The highest BCUT2D eigenvalue weighted by Crippen LogP contribution is 2.29.